The second kappa shape index (κ2) is 4.26. The fourth-order valence-corrected chi connectivity index (χ4v) is 1.22. The van der Waals surface area contributed by atoms with Crippen LogP contribution in [0.25, 0.3) is 0 Å². The molecule has 0 spiro atoms. The van der Waals surface area contributed by atoms with Gasteiger partial charge in [-0.1, -0.05) is 16.7 Å². The van der Waals surface area contributed by atoms with Crippen molar-refractivity contribution in [3.63, 3.8) is 0 Å². The van der Waals surface area contributed by atoms with Crippen LogP contribution in [0.1, 0.15) is 33.6 Å². The SMILES string of the molecule is CC(C)=C(C)CC1=CC(=O)OCC1. The van der Waals surface area contributed by atoms with E-state index in [1.165, 1.54) is 16.7 Å². The largest absolute Gasteiger partial charge is 0.462 e. The van der Waals surface area contributed by atoms with Gasteiger partial charge in [0.05, 0.1) is 6.61 Å². The molecule has 0 atom stereocenters. The summed E-state index contributed by atoms with van der Waals surface area (Å²) in [6.07, 6.45) is 3.42. The van der Waals surface area contributed by atoms with Gasteiger partial charge in [-0.2, -0.15) is 0 Å². The molecule has 0 radical (unpaired) electrons. The minimum absolute atomic E-state index is 0.192. The molecule has 0 unspecified atom stereocenters. The van der Waals surface area contributed by atoms with E-state index in [9.17, 15) is 4.79 Å². The number of hydrogen-bond acceptors (Lipinski definition) is 2. The lowest BCUT2D eigenvalue weighted by atomic mass is 10.00. The first-order chi connectivity index (χ1) is 6.09. The Morgan fingerprint density at radius 2 is 2.15 bits per heavy atom. The van der Waals surface area contributed by atoms with Crippen molar-refractivity contribution < 1.29 is 9.53 Å². The molecule has 0 bridgehead atoms. The molecule has 1 aliphatic heterocycles. The Labute approximate surface area is 79.3 Å². The number of ether oxygens (including phenoxy) is 1. The van der Waals surface area contributed by atoms with Crippen molar-refractivity contribution in [3.8, 4) is 0 Å². The third kappa shape index (κ3) is 3.05. The van der Waals surface area contributed by atoms with Crippen LogP contribution in [0.4, 0.5) is 0 Å². The summed E-state index contributed by atoms with van der Waals surface area (Å²) in [7, 11) is 0. The number of allylic oxidation sites excluding steroid dienone is 2. The molecule has 0 amide bonds. The van der Waals surface area contributed by atoms with Gasteiger partial charge in [0, 0.05) is 12.5 Å². The average Bonchev–Trinajstić information content (AvgIpc) is 2.04. The van der Waals surface area contributed by atoms with Crippen molar-refractivity contribution in [3.05, 3.63) is 22.8 Å². The van der Waals surface area contributed by atoms with E-state index >= 15 is 0 Å². The lowest BCUT2D eigenvalue weighted by molar-refractivity contribution is -0.138. The second-order valence-electron chi connectivity index (χ2n) is 3.68. The molecule has 0 aromatic rings. The third-order valence-electron chi connectivity index (χ3n) is 2.34. The van der Waals surface area contributed by atoms with Gasteiger partial charge in [-0.3, -0.25) is 0 Å². The lowest BCUT2D eigenvalue weighted by Gasteiger charge is -2.13. The Morgan fingerprint density at radius 1 is 1.46 bits per heavy atom. The molecule has 1 rings (SSSR count). The van der Waals surface area contributed by atoms with Crippen LogP contribution in [0, 0.1) is 0 Å². The van der Waals surface area contributed by atoms with Gasteiger partial charge in [0.2, 0.25) is 0 Å². The van der Waals surface area contributed by atoms with Gasteiger partial charge in [-0.15, -0.1) is 0 Å². The summed E-state index contributed by atoms with van der Waals surface area (Å²) in [4.78, 5) is 10.9. The number of cyclic esters (lactones) is 1. The van der Waals surface area contributed by atoms with Crippen LogP contribution in [0.15, 0.2) is 22.8 Å². The maximum Gasteiger partial charge on any atom is 0.330 e. The monoisotopic (exact) mass is 180 g/mol. The summed E-state index contributed by atoms with van der Waals surface area (Å²) in [5, 5.41) is 0. The topological polar surface area (TPSA) is 26.3 Å². The zero-order valence-electron chi connectivity index (χ0n) is 8.52. The minimum Gasteiger partial charge on any atom is -0.462 e. The molecule has 1 aliphatic rings. The lowest BCUT2D eigenvalue weighted by Crippen LogP contribution is -2.10. The molecule has 1 heterocycles. The number of hydrogen-bond donors (Lipinski definition) is 0. The molecule has 2 nitrogen and oxygen atoms in total. The summed E-state index contributed by atoms with van der Waals surface area (Å²) in [6.45, 7) is 6.84. The zero-order valence-corrected chi connectivity index (χ0v) is 8.52. The number of rotatable bonds is 2. The first-order valence-corrected chi connectivity index (χ1v) is 4.58. The molecular weight excluding hydrogens is 164 g/mol. The van der Waals surface area contributed by atoms with Crippen molar-refractivity contribution in [1.29, 1.82) is 0 Å². The van der Waals surface area contributed by atoms with E-state index in [1.54, 1.807) is 6.08 Å². The van der Waals surface area contributed by atoms with E-state index in [0.717, 1.165) is 12.8 Å². The Hall–Kier alpha value is -1.05. The van der Waals surface area contributed by atoms with Crippen LogP contribution in [0.3, 0.4) is 0 Å². The standard InChI is InChI=1S/C11H16O2/c1-8(2)9(3)6-10-4-5-13-11(12)7-10/h7H,4-6H2,1-3H3. The van der Waals surface area contributed by atoms with E-state index in [-0.39, 0.29) is 5.97 Å². The van der Waals surface area contributed by atoms with Gasteiger partial charge in [-0.05, 0) is 27.2 Å². The van der Waals surface area contributed by atoms with E-state index in [0.29, 0.717) is 6.61 Å². The smallest absolute Gasteiger partial charge is 0.330 e. The Kier molecular flexibility index (Phi) is 3.29. The fourth-order valence-electron chi connectivity index (χ4n) is 1.22. The van der Waals surface area contributed by atoms with E-state index in [4.69, 9.17) is 4.74 Å². The summed E-state index contributed by atoms with van der Waals surface area (Å²) >= 11 is 0. The summed E-state index contributed by atoms with van der Waals surface area (Å²) in [5.74, 6) is -0.192. The van der Waals surface area contributed by atoms with Gasteiger partial charge in [0.25, 0.3) is 0 Å². The van der Waals surface area contributed by atoms with E-state index in [1.807, 2.05) is 0 Å². The maximum atomic E-state index is 10.9. The highest BCUT2D eigenvalue weighted by Crippen LogP contribution is 2.19. The highest BCUT2D eigenvalue weighted by atomic mass is 16.5. The highest BCUT2D eigenvalue weighted by molar-refractivity contribution is 5.83. The Balaban J connectivity index is 2.64. The van der Waals surface area contributed by atoms with Crippen LogP contribution in [-0.2, 0) is 9.53 Å². The molecule has 72 valence electrons. The molecule has 0 saturated heterocycles. The van der Waals surface area contributed by atoms with Crippen molar-refractivity contribution in [1.82, 2.24) is 0 Å². The van der Waals surface area contributed by atoms with Crippen molar-refractivity contribution in [2.24, 2.45) is 0 Å². The van der Waals surface area contributed by atoms with Crippen molar-refractivity contribution >= 4 is 5.97 Å². The van der Waals surface area contributed by atoms with Gasteiger partial charge in [0.15, 0.2) is 0 Å². The van der Waals surface area contributed by atoms with Gasteiger partial charge >= 0.3 is 5.97 Å². The quantitative estimate of drug-likeness (QED) is 0.482. The number of carbonyl (C=O) groups excluding carboxylic acids is 1. The second-order valence-corrected chi connectivity index (χ2v) is 3.68. The number of esters is 1. The van der Waals surface area contributed by atoms with E-state index < -0.39 is 0 Å². The average molecular weight is 180 g/mol. The number of carbonyl (C=O) groups is 1. The minimum atomic E-state index is -0.192. The Morgan fingerprint density at radius 3 is 2.69 bits per heavy atom. The van der Waals surface area contributed by atoms with Crippen LogP contribution < -0.4 is 0 Å². The first-order valence-electron chi connectivity index (χ1n) is 4.58. The van der Waals surface area contributed by atoms with Crippen molar-refractivity contribution in [2.75, 3.05) is 6.61 Å². The molecule has 2 heteroatoms. The zero-order chi connectivity index (χ0) is 9.84. The van der Waals surface area contributed by atoms with E-state index in [2.05, 4.69) is 20.8 Å². The molecule has 0 aromatic heterocycles. The van der Waals surface area contributed by atoms with Crippen LogP contribution in [-0.4, -0.2) is 12.6 Å². The maximum absolute atomic E-state index is 10.9. The fraction of sp³-hybridized carbons (Fsp3) is 0.545. The van der Waals surface area contributed by atoms with Crippen LogP contribution in [0.2, 0.25) is 0 Å². The third-order valence-corrected chi connectivity index (χ3v) is 2.34. The molecule has 0 fully saturated rings. The van der Waals surface area contributed by atoms with Gasteiger partial charge in [0.1, 0.15) is 0 Å². The van der Waals surface area contributed by atoms with Gasteiger partial charge < -0.3 is 4.74 Å². The summed E-state index contributed by atoms with van der Waals surface area (Å²) < 4.78 is 4.82. The highest BCUT2D eigenvalue weighted by Gasteiger charge is 2.10. The molecular formula is C11H16O2. The molecule has 13 heavy (non-hydrogen) atoms. The normalized spacial score (nSPS) is 16.2. The molecule has 0 aliphatic carbocycles. The molecule has 0 N–H and O–H groups in total. The molecule has 0 saturated carbocycles. The van der Waals surface area contributed by atoms with Crippen LogP contribution >= 0.6 is 0 Å². The van der Waals surface area contributed by atoms with Crippen LogP contribution in [0.5, 0.6) is 0 Å². The first kappa shape index (κ1) is 10.0. The summed E-state index contributed by atoms with van der Waals surface area (Å²) in [6, 6.07) is 0. The predicted molar refractivity (Wildman–Crippen MR) is 52.3 cm³/mol. The predicted octanol–water partition coefficient (Wildman–Crippen LogP) is 2.61. The van der Waals surface area contributed by atoms with Gasteiger partial charge in [-0.25, -0.2) is 4.79 Å². The Bertz CT molecular complexity index is 268. The van der Waals surface area contributed by atoms with Crippen molar-refractivity contribution in [2.45, 2.75) is 33.6 Å². The summed E-state index contributed by atoms with van der Waals surface area (Å²) in [5.41, 5.74) is 3.87. The molecule has 0 aromatic carbocycles.